The van der Waals surface area contributed by atoms with Gasteiger partial charge in [-0.15, -0.1) is 0 Å². The molecule has 1 aromatic heterocycles. The minimum atomic E-state index is -0.0194. The van der Waals surface area contributed by atoms with Crippen LogP contribution in [0.15, 0.2) is 18.5 Å². The van der Waals surface area contributed by atoms with E-state index in [1.54, 1.807) is 12.4 Å². The lowest BCUT2D eigenvalue weighted by molar-refractivity contribution is 0.0854. The average Bonchev–Trinajstić information content (AvgIpc) is 2.42. The van der Waals surface area contributed by atoms with E-state index < -0.39 is 0 Å². The molecule has 0 saturated heterocycles. The van der Waals surface area contributed by atoms with E-state index in [1.807, 2.05) is 13.0 Å². The van der Waals surface area contributed by atoms with Gasteiger partial charge in [-0.1, -0.05) is 26.7 Å². The fourth-order valence-corrected chi connectivity index (χ4v) is 2.92. The van der Waals surface area contributed by atoms with Crippen molar-refractivity contribution in [3.63, 3.8) is 0 Å². The first-order valence-corrected chi connectivity index (χ1v) is 7.53. The second kappa shape index (κ2) is 6.25. The topological polar surface area (TPSA) is 54.0 Å². The molecule has 1 amide bonds. The number of carbonyl (C=O) groups excluding carboxylic acids is 1. The van der Waals surface area contributed by atoms with Crippen LogP contribution < -0.4 is 10.6 Å². The Bertz CT molecular complexity index is 471. The molecule has 1 atom stereocenters. The van der Waals surface area contributed by atoms with Gasteiger partial charge in [0.15, 0.2) is 0 Å². The lowest BCUT2D eigenvalue weighted by Gasteiger charge is -2.39. The van der Waals surface area contributed by atoms with E-state index in [2.05, 4.69) is 29.5 Å². The van der Waals surface area contributed by atoms with E-state index >= 15 is 0 Å². The normalized spacial score (nSPS) is 21.2. The zero-order chi connectivity index (χ0) is 14.6. The summed E-state index contributed by atoms with van der Waals surface area (Å²) in [4.78, 5) is 16.6. The molecule has 0 aliphatic heterocycles. The Kier molecular flexibility index (Phi) is 4.63. The molecule has 1 aromatic rings. The molecule has 1 heterocycles. The van der Waals surface area contributed by atoms with Crippen molar-refractivity contribution in [3.8, 4) is 0 Å². The number of hydrogen-bond donors (Lipinski definition) is 2. The summed E-state index contributed by atoms with van der Waals surface area (Å²) in [7, 11) is 0. The van der Waals surface area contributed by atoms with Gasteiger partial charge in [-0.25, -0.2) is 0 Å². The van der Waals surface area contributed by atoms with Gasteiger partial charge in [0.25, 0.3) is 5.91 Å². The van der Waals surface area contributed by atoms with E-state index in [0.29, 0.717) is 5.56 Å². The van der Waals surface area contributed by atoms with E-state index in [-0.39, 0.29) is 17.4 Å². The van der Waals surface area contributed by atoms with Gasteiger partial charge in [0.05, 0.1) is 11.3 Å². The largest absolute Gasteiger partial charge is 0.385 e. The van der Waals surface area contributed by atoms with Crippen molar-refractivity contribution in [2.45, 2.75) is 52.5 Å². The summed E-state index contributed by atoms with van der Waals surface area (Å²) >= 11 is 0. The Morgan fingerprint density at radius 2 is 2.25 bits per heavy atom. The molecular formula is C16H25N3O. The Morgan fingerprint density at radius 1 is 1.45 bits per heavy atom. The number of nitrogens with one attached hydrogen (secondary N) is 2. The minimum absolute atomic E-state index is 0.0194. The van der Waals surface area contributed by atoms with Crippen molar-refractivity contribution in [3.05, 3.63) is 24.0 Å². The third kappa shape index (κ3) is 3.30. The van der Waals surface area contributed by atoms with E-state index in [1.165, 1.54) is 19.3 Å². The van der Waals surface area contributed by atoms with Crippen LogP contribution in [0.25, 0.3) is 0 Å². The first-order chi connectivity index (χ1) is 9.54. The zero-order valence-electron chi connectivity index (χ0n) is 12.7. The van der Waals surface area contributed by atoms with Gasteiger partial charge in [0, 0.05) is 25.0 Å². The lowest BCUT2D eigenvalue weighted by atomic mass is 9.73. The molecule has 1 saturated carbocycles. The Balaban J connectivity index is 2.12. The minimum Gasteiger partial charge on any atom is -0.385 e. The van der Waals surface area contributed by atoms with Crippen LogP contribution in [-0.2, 0) is 0 Å². The fourth-order valence-electron chi connectivity index (χ4n) is 2.92. The van der Waals surface area contributed by atoms with Crippen LogP contribution in [0.2, 0.25) is 0 Å². The van der Waals surface area contributed by atoms with Crippen LogP contribution in [0.5, 0.6) is 0 Å². The fraction of sp³-hybridized carbons (Fsp3) is 0.625. The number of nitrogens with zero attached hydrogens (tertiary/aromatic N) is 1. The smallest absolute Gasteiger partial charge is 0.255 e. The van der Waals surface area contributed by atoms with Crippen molar-refractivity contribution in [1.29, 1.82) is 0 Å². The van der Waals surface area contributed by atoms with E-state index in [4.69, 9.17) is 0 Å². The maximum absolute atomic E-state index is 12.5. The second-order valence-electron chi connectivity index (χ2n) is 6.21. The highest BCUT2D eigenvalue weighted by atomic mass is 16.1. The summed E-state index contributed by atoms with van der Waals surface area (Å²) < 4.78 is 0. The molecule has 2 rings (SSSR count). The van der Waals surface area contributed by atoms with Crippen molar-refractivity contribution < 1.29 is 4.79 Å². The quantitative estimate of drug-likeness (QED) is 0.887. The third-order valence-electron chi connectivity index (χ3n) is 4.25. The monoisotopic (exact) mass is 275 g/mol. The van der Waals surface area contributed by atoms with Gasteiger partial charge in [0.1, 0.15) is 0 Å². The van der Waals surface area contributed by atoms with Crippen LogP contribution in [-0.4, -0.2) is 23.5 Å². The highest BCUT2D eigenvalue weighted by Gasteiger charge is 2.33. The van der Waals surface area contributed by atoms with Crippen molar-refractivity contribution in [2.75, 3.05) is 11.9 Å². The van der Waals surface area contributed by atoms with Crippen molar-refractivity contribution in [1.82, 2.24) is 10.3 Å². The molecule has 0 spiro atoms. The molecule has 1 aliphatic carbocycles. The molecule has 0 radical (unpaired) electrons. The number of amides is 1. The molecule has 1 unspecified atom stereocenters. The first kappa shape index (κ1) is 14.8. The summed E-state index contributed by atoms with van der Waals surface area (Å²) in [6.07, 6.45) is 8.04. The summed E-state index contributed by atoms with van der Waals surface area (Å²) in [5.74, 6) is -0.0194. The maximum atomic E-state index is 12.5. The Labute approximate surface area is 121 Å². The molecule has 110 valence electrons. The molecule has 1 aliphatic rings. The Hall–Kier alpha value is -1.58. The highest BCUT2D eigenvalue weighted by molar-refractivity contribution is 5.99. The number of hydrogen-bond acceptors (Lipinski definition) is 3. The number of aromatic nitrogens is 1. The average molecular weight is 275 g/mol. The predicted octanol–water partition coefficient (Wildman–Crippen LogP) is 3.21. The molecule has 4 heteroatoms. The van der Waals surface area contributed by atoms with Crippen LogP contribution in [0.3, 0.4) is 0 Å². The summed E-state index contributed by atoms with van der Waals surface area (Å²) in [5, 5.41) is 6.42. The summed E-state index contributed by atoms with van der Waals surface area (Å²) in [6, 6.07) is 2.10. The van der Waals surface area contributed by atoms with Crippen LogP contribution >= 0.6 is 0 Å². The third-order valence-corrected chi connectivity index (χ3v) is 4.25. The molecule has 20 heavy (non-hydrogen) atoms. The number of rotatable bonds is 4. The maximum Gasteiger partial charge on any atom is 0.255 e. The van der Waals surface area contributed by atoms with Gasteiger partial charge in [-0.05, 0) is 31.2 Å². The number of pyridine rings is 1. The highest BCUT2D eigenvalue weighted by Crippen LogP contribution is 2.35. The standard InChI is InChI=1S/C16H25N3O/c1-4-18-13-8-10-17-11-12(13)15(20)19-14-7-5-6-9-16(14,2)3/h8,10-11,14H,4-7,9H2,1-3H3,(H,17,18)(H,19,20). The van der Waals surface area contributed by atoms with Gasteiger partial charge < -0.3 is 10.6 Å². The van der Waals surface area contributed by atoms with Gasteiger partial charge in [-0.2, -0.15) is 0 Å². The summed E-state index contributed by atoms with van der Waals surface area (Å²) in [5.41, 5.74) is 1.67. The SMILES string of the molecule is CCNc1ccncc1C(=O)NC1CCCCC1(C)C. The molecule has 1 fully saturated rings. The van der Waals surface area contributed by atoms with Gasteiger partial charge in [-0.3, -0.25) is 9.78 Å². The van der Waals surface area contributed by atoms with Crippen LogP contribution in [0, 0.1) is 5.41 Å². The second-order valence-corrected chi connectivity index (χ2v) is 6.21. The number of anilines is 1. The molecule has 4 nitrogen and oxygen atoms in total. The van der Waals surface area contributed by atoms with Crippen molar-refractivity contribution in [2.24, 2.45) is 5.41 Å². The van der Waals surface area contributed by atoms with Gasteiger partial charge >= 0.3 is 0 Å². The predicted molar refractivity (Wildman–Crippen MR) is 81.9 cm³/mol. The zero-order valence-corrected chi connectivity index (χ0v) is 12.7. The van der Waals surface area contributed by atoms with Crippen LogP contribution in [0.4, 0.5) is 5.69 Å². The van der Waals surface area contributed by atoms with Crippen LogP contribution in [0.1, 0.15) is 56.8 Å². The first-order valence-electron chi connectivity index (χ1n) is 7.53. The van der Waals surface area contributed by atoms with Gasteiger partial charge in [0.2, 0.25) is 0 Å². The molecule has 2 N–H and O–H groups in total. The Morgan fingerprint density at radius 3 is 2.95 bits per heavy atom. The molecular weight excluding hydrogens is 250 g/mol. The molecule has 0 bridgehead atoms. The van der Waals surface area contributed by atoms with E-state index in [0.717, 1.165) is 18.7 Å². The summed E-state index contributed by atoms with van der Waals surface area (Å²) in [6.45, 7) is 7.29. The van der Waals surface area contributed by atoms with Crippen molar-refractivity contribution >= 4 is 11.6 Å². The molecule has 0 aromatic carbocycles. The van der Waals surface area contributed by atoms with E-state index in [9.17, 15) is 4.79 Å². The number of carbonyl (C=O) groups is 1. The lowest BCUT2D eigenvalue weighted by Crippen LogP contribution is -2.46.